The van der Waals surface area contributed by atoms with Crippen LogP contribution in [0.5, 0.6) is 5.88 Å². The van der Waals surface area contributed by atoms with Gasteiger partial charge in [-0.25, -0.2) is 9.97 Å². The number of nitrogens with zero attached hydrogens (tertiary/aromatic N) is 5. The first-order chi connectivity index (χ1) is 12.3. The quantitative estimate of drug-likeness (QED) is 0.768. The zero-order chi connectivity index (χ0) is 17.2. The first-order valence-corrected chi connectivity index (χ1v) is 9.01. The van der Waals surface area contributed by atoms with Crippen LogP contribution in [0.25, 0.3) is 0 Å². The number of hydrogen-bond donors (Lipinski definition) is 0. The Morgan fingerprint density at radius 2 is 2.12 bits per heavy atom. The molecule has 2 aromatic heterocycles. The normalized spacial score (nSPS) is 19.8. The van der Waals surface area contributed by atoms with Crippen LogP contribution >= 0.6 is 0 Å². The lowest BCUT2D eigenvalue weighted by atomic mass is 9.95. The van der Waals surface area contributed by atoms with Gasteiger partial charge in [-0.05, 0) is 25.7 Å². The lowest BCUT2D eigenvalue weighted by Gasteiger charge is -2.32. The molecule has 0 radical (unpaired) electrons. The number of hydrogen-bond acceptors (Lipinski definition) is 6. The van der Waals surface area contributed by atoms with Crippen LogP contribution in [0.2, 0.25) is 0 Å². The number of aryl methyl sites for hydroxylation is 1. The third-order valence-electron chi connectivity index (χ3n) is 4.95. The van der Waals surface area contributed by atoms with E-state index in [0.29, 0.717) is 11.8 Å². The molecular weight excluding hydrogens is 318 g/mol. The van der Waals surface area contributed by atoms with Crippen molar-refractivity contribution in [2.75, 3.05) is 31.8 Å². The monoisotopic (exact) mass is 343 g/mol. The lowest BCUT2D eigenvalue weighted by Crippen LogP contribution is -2.35. The molecule has 1 aliphatic carbocycles. The highest BCUT2D eigenvalue weighted by molar-refractivity contribution is 5.45. The summed E-state index contributed by atoms with van der Waals surface area (Å²) in [5.74, 6) is 2.54. The molecule has 134 valence electrons. The van der Waals surface area contributed by atoms with Gasteiger partial charge in [-0.15, -0.1) is 0 Å². The van der Waals surface area contributed by atoms with Crippen molar-refractivity contribution in [3.8, 4) is 5.88 Å². The Morgan fingerprint density at radius 1 is 1.24 bits per heavy atom. The Kier molecular flexibility index (Phi) is 4.57. The van der Waals surface area contributed by atoms with Gasteiger partial charge in [0.05, 0.1) is 26.0 Å². The van der Waals surface area contributed by atoms with Crippen molar-refractivity contribution in [1.82, 2.24) is 19.7 Å². The van der Waals surface area contributed by atoms with Crippen molar-refractivity contribution in [2.24, 2.45) is 5.92 Å². The van der Waals surface area contributed by atoms with Crippen molar-refractivity contribution in [2.45, 2.75) is 38.8 Å². The molecule has 0 amide bonds. The second kappa shape index (κ2) is 7.00. The maximum absolute atomic E-state index is 6.00. The molecular formula is C18H25N5O2. The zero-order valence-electron chi connectivity index (χ0n) is 14.9. The average Bonchev–Trinajstić information content (AvgIpc) is 3.37. The predicted molar refractivity (Wildman–Crippen MR) is 93.8 cm³/mol. The third-order valence-corrected chi connectivity index (χ3v) is 4.95. The molecule has 4 rings (SSSR count). The summed E-state index contributed by atoms with van der Waals surface area (Å²) in [5, 5.41) is 4.74. The van der Waals surface area contributed by atoms with Crippen molar-refractivity contribution in [1.29, 1.82) is 0 Å². The second-order valence-electron chi connectivity index (χ2n) is 6.86. The van der Waals surface area contributed by atoms with Gasteiger partial charge in [0.2, 0.25) is 5.88 Å². The Bertz CT molecular complexity index is 728. The molecule has 3 heterocycles. The molecule has 0 aromatic carbocycles. The van der Waals surface area contributed by atoms with Crippen LogP contribution in [0, 0.1) is 5.92 Å². The van der Waals surface area contributed by atoms with Crippen LogP contribution in [-0.4, -0.2) is 46.6 Å². The van der Waals surface area contributed by atoms with Gasteiger partial charge in [0.25, 0.3) is 0 Å². The van der Waals surface area contributed by atoms with Gasteiger partial charge in [0.15, 0.2) is 0 Å². The standard InChI is InChI=1S/C18H25N5O2/c1-3-23-8-15-14(11-25-10-13-4-5-13)7-22(9-16(15)21-23)17-6-18(24-2)20-12-19-17/h6,8,12-14H,3-5,7,9-11H2,1-2H3/t14-/m1/s1. The van der Waals surface area contributed by atoms with E-state index in [-0.39, 0.29) is 0 Å². The molecule has 1 saturated carbocycles. The van der Waals surface area contributed by atoms with Crippen molar-refractivity contribution < 1.29 is 9.47 Å². The number of methoxy groups -OCH3 is 1. The Hall–Kier alpha value is -2.15. The molecule has 1 fully saturated rings. The maximum Gasteiger partial charge on any atom is 0.218 e. The Balaban J connectivity index is 1.55. The van der Waals surface area contributed by atoms with Crippen LogP contribution < -0.4 is 9.64 Å². The highest BCUT2D eigenvalue weighted by atomic mass is 16.5. The highest BCUT2D eigenvalue weighted by Crippen LogP contribution is 2.33. The molecule has 2 aliphatic rings. The molecule has 0 bridgehead atoms. The number of fused-ring (bicyclic) bond motifs is 1. The van der Waals surface area contributed by atoms with E-state index in [1.807, 2.05) is 10.7 Å². The molecule has 25 heavy (non-hydrogen) atoms. The van der Waals surface area contributed by atoms with E-state index in [9.17, 15) is 0 Å². The Morgan fingerprint density at radius 3 is 2.88 bits per heavy atom. The highest BCUT2D eigenvalue weighted by Gasteiger charge is 2.30. The minimum atomic E-state index is 0.309. The zero-order valence-corrected chi connectivity index (χ0v) is 14.9. The molecule has 7 nitrogen and oxygen atoms in total. The molecule has 1 atom stereocenters. The van der Waals surface area contributed by atoms with Crippen molar-refractivity contribution in [3.63, 3.8) is 0 Å². The van der Waals surface area contributed by atoms with Gasteiger partial charge in [-0.1, -0.05) is 0 Å². The first kappa shape index (κ1) is 16.3. The van der Waals surface area contributed by atoms with E-state index in [2.05, 4.69) is 28.0 Å². The largest absolute Gasteiger partial charge is 0.481 e. The summed E-state index contributed by atoms with van der Waals surface area (Å²) in [6.07, 6.45) is 6.36. The van der Waals surface area contributed by atoms with Gasteiger partial charge in [0, 0.05) is 43.4 Å². The summed E-state index contributed by atoms with van der Waals surface area (Å²) < 4.78 is 13.3. The summed E-state index contributed by atoms with van der Waals surface area (Å²) in [7, 11) is 1.62. The van der Waals surface area contributed by atoms with Crippen molar-refractivity contribution in [3.05, 3.63) is 29.8 Å². The van der Waals surface area contributed by atoms with Gasteiger partial charge >= 0.3 is 0 Å². The molecule has 0 saturated heterocycles. The van der Waals surface area contributed by atoms with E-state index in [1.54, 1.807) is 13.4 Å². The predicted octanol–water partition coefficient (Wildman–Crippen LogP) is 2.23. The number of ether oxygens (including phenoxy) is 2. The van der Waals surface area contributed by atoms with Crippen LogP contribution in [0.1, 0.15) is 36.9 Å². The summed E-state index contributed by atoms with van der Waals surface area (Å²) in [4.78, 5) is 10.8. The van der Waals surface area contributed by atoms with Crippen LogP contribution in [0.4, 0.5) is 5.82 Å². The summed E-state index contributed by atoms with van der Waals surface area (Å²) in [6.45, 7) is 6.23. The summed E-state index contributed by atoms with van der Waals surface area (Å²) in [6, 6.07) is 1.88. The van der Waals surface area contributed by atoms with E-state index in [0.717, 1.165) is 50.3 Å². The second-order valence-corrected chi connectivity index (χ2v) is 6.86. The fourth-order valence-corrected chi connectivity index (χ4v) is 3.31. The van der Waals surface area contributed by atoms with Crippen LogP contribution in [-0.2, 0) is 17.8 Å². The molecule has 0 unspecified atom stereocenters. The number of anilines is 1. The third kappa shape index (κ3) is 3.61. The first-order valence-electron chi connectivity index (χ1n) is 9.01. The smallest absolute Gasteiger partial charge is 0.218 e. The van der Waals surface area contributed by atoms with E-state index >= 15 is 0 Å². The fourth-order valence-electron chi connectivity index (χ4n) is 3.31. The number of rotatable bonds is 7. The van der Waals surface area contributed by atoms with E-state index in [4.69, 9.17) is 14.6 Å². The topological polar surface area (TPSA) is 65.3 Å². The van der Waals surface area contributed by atoms with Gasteiger partial charge in [0.1, 0.15) is 12.1 Å². The van der Waals surface area contributed by atoms with E-state index in [1.165, 1.54) is 18.4 Å². The SMILES string of the molecule is CCn1cc2c(n1)CN(c1cc(OC)ncn1)C[C@@H]2COCC1CC1. The van der Waals surface area contributed by atoms with Crippen LogP contribution in [0.15, 0.2) is 18.6 Å². The average molecular weight is 343 g/mol. The van der Waals surface area contributed by atoms with Crippen LogP contribution in [0.3, 0.4) is 0 Å². The minimum Gasteiger partial charge on any atom is -0.481 e. The summed E-state index contributed by atoms with van der Waals surface area (Å²) >= 11 is 0. The van der Waals surface area contributed by atoms with Gasteiger partial charge < -0.3 is 14.4 Å². The molecule has 2 aromatic rings. The van der Waals surface area contributed by atoms with E-state index < -0.39 is 0 Å². The lowest BCUT2D eigenvalue weighted by molar-refractivity contribution is 0.110. The maximum atomic E-state index is 6.00. The van der Waals surface area contributed by atoms with Gasteiger partial charge in [-0.3, -0.25) is 4.68 Å². The van der Waals surface area contributed by atoms with Crippen molar-refractivity contribution >= 4 is 5.82 Å². The molecule has 1 aliphatic heterocycles. The van der Waals surface area contributed by atoms with Gasteiger partial charge in [-0.2, -0.15) is 5.10 Å². The molecule has 7 heteroatoms. The number of aromatic nitrogens is 4. The fraction of sp³-hybridized carbons (Fsp3) is 0.611. The molecule has 0 N–H and O–H groups in total. The molecule has 0 spiro atoms. The minimum absolute atomic E-state index is 0.309. The summed E-state index contributed by atoms with van der Waals surface area (Å²) in [5.41, 5.74) is 2.43. The Labute approximate surface area is 148 Å².